The van der Waals surface area contributed by atoms with Crippen molar-refractivity contribution in [2.24, 2.45) is 0 Å². The van der Waals surface area contributed by atoms with Crippen LogP contribution in [0.4, 0.5) is 0 Å². The van der Waals surface area contributed by atoms with Crippen molar-refractivity contribution >= 4 is 39.3 Å². The molecule has 7 heteroatoms. The number of nitrogens with zero attached hydrogens (tertiary/aromatic N) is 1. The van der Waals surface area contributed by atoms with Crippen LogP contribution in [0.1, 0.15) is 43.2 Å². The molecule has 5 nitrogen and oxygen atoms in total. The Morgan fingerprint density at radius 1 is 0.946 bits per heavy atom. The predicted octanol–water partition coefficient (Wildman–Crippen LogP) is 6.57. The van der Waals surface area contributed by atoms with Gasteiger partial charge in [-0.15, -0.1) is 0 Å². The van der Waals surface area contributed by atoms with Crippen molar-refractivity contribution in [1.82, 2.24) is 10.2 Å². The molecular weight excluding hydrogens is 552 g/mol. The fraction of sp³-hybridized carbons (Fsp3) is 0.333. The summed E-state index contributed by atoms with van der Waals surface area (Å²) in [6.07, 6.45) is 5.78. The third kappa shape index (κ3) is 8.08. The second-order valence-corrected chi connectivity index (χ2v) is 10.7. The van der Waals surface area contributed by atoms with Crippen LogP contribution in [0.25, 0.3) is 0 Å². The fourth-order valence-corrected chi connectivity index (χ4v) is 5.35. The summed E-state index contributed by atoms with van der Waals surface area (Å²) in [6.45, 7) is 0.0550. The minimum atomic E-state index is -0.689. The van der Waals surface area contributed by atoms with Crippen molar-refractivity contribution in [1.29, 1.82) is 0 Å². The Morgan fingerprint density at radius 3 is 2.38 bits per heavy atom. The molecule has 0 aliphatic heterocycles. The van der Waals surface area contributed by atoms with Gasteiger partial charge in [-0.25, -0.2) is 0 Å². The lowest BCUT2D eigenvalue weighted by atomic mass is 9.94. The molecule has 1 aliphatic rings. The molecule has 1 N–H and O–H groups in total. The van der Waals surface area contributed by atoms with E-state index >= 15 is 0 Å². The van der Waals surface area contributed by atoms with Crippen LogP contribution in [0.3, 0.4) is 0 Å². The lowest BCUT2D eigenvalue weighted by molar-refractivity contribution is -0.143. The highest BCUT2D eigenvalue weighted by molar-refractivity contribution is 9.10. The average molecular weight is 584 g/mol. The number of hydrogen-bond donors (Lipinski definition) is 1. The van der Waals surface area contributed by atoms with Crippen LogP contribution in [0, 0.1) is 0 Å². The second-order valence-electron chi connectivity index (χ2n) is 9.42. The number of hydrogen-bond acceptors (Lipinski definition) is 3. The summed E-state index contributed by atoms with van der Waals surface area (Å²) in [7, 11) is 0. The van der Waals surface area contributed by atoms with Crippen LogP contribution in [0.2, 0.25) is 5.02 Å². The lowest BCUT2D eigenvalue weighted by Crippen LogP contribution is -2.53. The molecule has 37 heavy (non-hydrogen) atoms. The maximum Gasteiger partial charge on any atom is 0.261 e. The van der Waals surface area contributed by atoms with Gasteiger partial charge in [-0.05, 0) is 48.2 Å². The highest BCUT2D eigenvalue weighted by atomic mass is 79.9. The number of carbonyl (C=O) groups is 2. The van der Waals surface area contributed by atoms with Gasteiger partial charge in [0, 0.05) is 23.5 Å². The zero-order valence-electron chi connectivity index (χ0n) is 20.7. The average Bonchev–Trinajstić information content (AvgIpc) is 2.91. The van der Waals surface area contributed by atoms with E-state index in [1.165, 1.54) is 6.42 Å². The van der Waals surface area contributed by atoms with E-state index < -0.39 is 6.04 Å². The van der Waals surface area contributed by atoms with E-state index in [4.69, 9.17) is 16.3 Å². The molecule has 0 unspecified atom stereocenters. The quantitative estimate of drug-likeness (QED) is 0.294. The smallest absolute Gasteiger partial charge is 0.261 e. The fourth-order valence-electron chi connectivity index (χ4n) is 4.71. The predicted molar refractivity (Wildman–Crippen MR) is 151 cm³/mol. The maximum atomic E-state index is 13.8. The first-order valence-corrected chi connectivity index (χ1v) is 13.9. The van der Waals surface area contributed by atoms with E-state index in [2.05, 4.69) is 21.2 Å². The number of halogens is 2. The monoisotopic (exact) mass is 582 g/mol. The molecule has 3 aromatic carbocycles. The van der Waals surface area contributed by atoms with Crippen molar-refractivity contribution in [3.8, 4) is 5.75 Å². The molecular formula is C30H32BrClN2O3. The largest absolute Gasteiger partial charge is 0.482 e. The van der Waals surface area contributed by atoms with Crippen LogP contribution >= 0.6 is 27.5 Å². The molecule has 2 amide bonds. The first-order valence-electron chi connectivity index (χ1n) is 12.7. The van der Waals surface area contributed by atoms with Crippen molar-refractivity contribution in [3.63, 3.8) is 0 Å². The molecule has 0 heterocycles. The normalized spacial score (nSPS) is 14.5. The Bertz CT molecular complexity index is 1180. The van der Waals surface area contributed by atoms with Crippen LogP contribution in [0.5, 0.6) is 5.75 Å². The maximum absolute atomic E-state index is 13.8. The van der Waals surface area contributed by atoms with E-state index in [1.807, 2.05) is 60.7 Å². The Hall–Kier alpha value is -2.83. The van der Waals surface area contributed by atoms with Gasteiger partial charge < -0.3 is 15.0 Å². The van der Waals surface area contributed by atoms with E-state index in [-0.39, 0.29) is 31.0 Å². The molecule has 0 aromatic heterocycles. The van der Waals surface area contributed by atoms with E-state index in [1.54, 1.807) is 23.1 Å². The summed E-state index contributed by atoms with van der Waals surface area (Å²) in [4.78, 5) is 29.1. The van der Waals surface area contributed by atoms with Gasteiger partial charge in [0.15, 0.2) is 6.61 Å². The number of benzene rings is 3. The topological polar surface area (TPSA) is 58.6 Å². The number of carbonyl (C=O) groups excluding carboxylic acids is 2. The summed E-state index contributed by atoms with van der Waals surface area (Å²) in [5.74, 6) is 0.0302. The Balaban J connectivity index is 1.62. The molecule has 1 atom stereocenters. The zero-order chi connectivity index (χ0) is 26.0. The van der Waals surface area contributed by atoms with Crippen molar-refractivity contribution in [3.05, 3.63) is 99.5 Å². The molecule has 1 fully saturated rings. The van der Waals surface area contributed by atoms with Crippen LogP contribution in [-0.4, -0.2) is 35.4 Å². The van der Waals surface area contributed by atoms with Gasteiger partial charge in [-0.1, -0.05) is 101 Å². The summed E-state index contributed by atoms with van der Waals surface area (Å²) in [5, 5.41) is 3.69. The standard InChI is InChI=1S/C30H32BrClN2O3/c31-24-13-9-12-23(18-24)20-34(29(35)21-37-28-17-8-7-16-26(28)32)27(19-22-10-3-1-4-11-22)30(36)33-25-14-5-2-6-15-25/h1,3-4,7-13,16-18,25,27H,2,5-6,14-15,19-21H2,(H,33,36)/t27-/m0/s1. The van der Waals surface area contributed by atoms with Crippen molar-refractivity contribution in [2.75, 3.05) is 6.61 Å². The molecule has 0 saturated heterocycles. The third-order valence-electron chi connectivity index (χ3n) is 6.65. The SMILES string of the molecule is O=C(NC1CCCCC1)[C@H](Cc1ccccc1)N(Cc1cccc(Br)c1)C(=O)COc1ccccc1Cl. The zero-order valence-corrected chi connectivity index (χ0v) is 23.1. The molecule has 4 rings (SSSR count). The van der Waals surface area contributed by atoms with Crippen LogP contribution in [-0.2, 0) is 22.6 Å². The first kappa shape index (κ1) is 27.2. The van der Waals surface area contributed by atoms with Gasteiger partial charge in [0.1, 0.15) is 11.8 Å². The lowest BCUT2D eigenvalue weighted by Gasteiger charge is -2.33. The molecule has 0 radical (unpaired) electrons. The highest BCUT2D eigenvalue weighted by Crippen LogP contribution is 2.24. The summed E-state index contributed by atoms with van der Waals surface area (Å²) in [5.41, 5.74) is 1.91. The number of amides is 2. The number of nitrogens with one attached hydrogen (secondary N) is 1. The number of para-hydroxylation sites is 1. The molecule has 1 aliphatic carbocycles. The summed E-state index contributed by atoms with van der Waals surface area (Å²) >= 11 is 9.77. The van der Waals surface area contributed by atoms with Gasteiger partial charge in [0.25, 0.3) is 5.91 Å². The molecule has 0 spiro atoms. The Kier molecular flexibility index (Phi) is 10.0. The second kappa shape index (κ2) is 13.6. The summed E-state index contributed by atoms with van der Waals surface area (Å²) in [6, 6.07) is 24.1. The van der Waals surface area contributed by atoms with Crippen LogP contribution < -0.4 is 10.1 Å². The molecule has 1 saturated carbocycles. The third-order valence-corrected chi connectivity index (χ3v) is 7.46. The minimum absolute atomic E-state index is 0.128. The van der Waals surface area contributed by atoms with E-state index in [0.717, 1.165) is 41.3 Å². The molecule has 0 bridgehead atoms. The van der Waals surface area contributed by atoms with Crippen molar-refractivity contribution < 1.29 is 14.3 Å². The van der Waals surface area contributed by atoms with Crippen LogP contribution in [0.15, 0.2) is 83.3 Å². The van der Waals surface area contributed by atoms with Gasteiger partial charge in [-0.2, -0.15) is 0 Å². The van der Waals surface area contributed by atoms with E-state index in [9.17, 15) is 9.59 Å². The van der Waals surface area contributed by atoms with Gasteiger partial charge in [0.05, 0.1) is 5.02 Å². The number of rotatable bonds is 10. The Morgan fingerprint density at radius 2 is 1.65 bits per heavy atom. The summed E-state index contributed by atoms with van der Waals surface area (Å²) < 4.78 is 6.72. The van der Waals surface area contributed by atoms with Crippen molar-refractivity contribution in [2.45, 2.75) is 57.2 Å². The van der Waals surface area contributed by atoms with E-state index in [0.29, 0.717) is 17.2 Å². The first-order chi connectivity index (χ1) is 18.0. The highest BCUT2D eigenvalue weighted by Gasteiger charge is 2.32. The van der Waals surface area contributed by atoms with Gasteiger partial charge in [0.2, 0.25) is 5.91 Å². The Labute approximate surface area is 232 Å². The minimum Gasteiger partial charge on any atom is -0.482 e. The molecule has 194 valence electrons. The number of ether oxygens (including phenoxy) is 1. The van der Waals surface area contributed by atoms with Gasteiger partial charge in [-0.3, -0.25) is 9.59 Å². The molecule has 3 aromatic rings. The van der Waals surface area contributed by atoms with Gasteiger partial charge >= 0.3 is 0 Å².